The van der Waals surface area contributed by atoms with Crippen molar-refractivity contribution in [3.05, 3.63) is 21.6 Å². The Balaban J connectivity index is 3.22. The summed E-state index contributed by atoms with van der Waals surface area (Å²) < 4.78 is 0. The molecule has 1 aromatic heterocycles. The highest BCUT2D eigenvalue weighted by molar-refractivity contribution is 5.99. The average Bonchev–Trinajstić information content (AvgIpc) is 2.56. The first-order chi connectivity index (χ1) is 7.38. The van der Waals surface area contributed by atoms with Gasteiger partial charge < -0.3 is 9.94 Å². The Morgan fingerprint density at radius 3 is 2.50 bits per heavy atom. The molecule has 2 N–H and O–H groups in total. The third-order valence-corrected chi connectivity index (χ3v) is 2.22. The van der Waals surface area contributed by atoms with Crippen LogP contribution < -0.4 is 5.56 Å². The first-order valence-electron chi connectivity index (χ1n) is 5.36. The molecule has 0 radical (unpaired) electrons. The SMILES string of the molecule is CCON=C(C)c1c(C(C)(C)C)[nH][nH]c1=O. The van der Waals surface area contributed by atoms with Gasteiger partial charge in [-0.1, -0.05) is 25.9 Å². The molecule has 5 heteroatoms. The Bertz CT molecular complexity index is 435. The largest absolute Gasteiger partial charge is 0.396 e. The summed E-state index contributed by atoms with van der Waals surface area (Å²) >= 11 is 0. The number of nitrogens with one attached hydrogen (secondary N) is 2. The molecule has 90 valence electrons. The van der Waals surface area contributed by atoms with E-state index >= 15 is 0 Å². The van der Waals surface area contributed by atoms with Crippen molar-refractivity contribution in [1.82, 2.24) is 10.2 Å². The smallest absolute Gasteiger partial charge is 0.273 e. The fraction of sp³-hybridized carbons (Fsp3) is 0.636. The Kier molecular flexibility index (Phi) is 3.57. The molecule has 1 aromatic rings. The zero-order valence-corrected chi connectivity index (χ0v) is 10.5. The minimum Gasteiger partial charge on any atom is -0.396 e. The van der Waals surface area contributed by atoms with E-state index in [1.165, 1.54) is 0 Å². The molecule has 0 unspecified atom stereocenters. The van der Waals surface area contributed by atoms with Crippen LogP contribution in [0.1, 0.15) is 45.9 Å². The summed E-state index contributed by atoms with van der Waals surface area (Å²) in [7, 11) is 0. The highest BCUT2D eigenvalue weighted by Crippen LogP contribution is 2.21. The normalized spacial score (nSPS) is 12.9. The molecule has 0 aliphatic heterocycles. The predicted molar refractivity (Wildman–Crippen MR) is 64.0 cm³/mol. The van der Waals surface area contributed by atoms with E-state index in [2.05, 4.69) is 15.4 Å². The van der Waals surface area contributed by atoms with Gasteiger partial charge in [-0.15, -0.1) is 0 Å². The molecular formula is C11H19N3O2. The zero-order chi connectivity index (χ0) is 12.3. The van der Waals surface area contributed by atoms with Gasteiger partial charge in [0.2, 0.25) is 0 Å². The van der Waals surface area contributed by atoms with Crippen LogP contribution in [0.2, 0.25) is 0 Å². The second kappa shape index (κ2) is 4.55. The number of H-pyrrole nitrogens is 2. The lowest BCUT2D eigenvalue weighted by molar-refractivity contribution is 0.159. The highest BCUT2D eigenvalue weighted by Gasteiger charge is 2.24. The first kappa shape index (κ1) is 12.5. The number of aromatic nitrogens is 2. The number of hydrogen-bond donors (Lipinski definition) is 2. The highest BCUT2D eigenvalue weighted by atomic mass is 16.6. The Hall–Kier alpha value is -1.52. The lowest BCUT2D eigenvalue weighted by Gasteiger charge is -2.17. The molecule has 0 atom stereocenters. The minimum atomic E-state index is -0.161. The minimum absolute atomic E-state index is 0.141. The van der Waals surface area contributed by atoms with Crippen LogP contribution in [0.3, 0.4) is 0 Å². The van der Waals surface area contributed by atoms with E-state index in [4.69, 9.17) is 4.84 Å². The standard InChI is InChI=1S/C11H19N3O2/c1-6-16-14-7(2)8-9(11(3,4)5)12-13-10(8)15/h6H2,1-5H3,(H2,12,13,15). The van der Waals surface area contributed by atoms with E-state index in [0.29, 0.717) is 17.9 Å². The van der Waals surface area contributed by atoms with Gasteiger partial charge in [-0.05, 0) is 13.8 Å². The van der Waals surface area contributed by atoms with Gasteiger partial charge in [0.25, 0.3) is 5.56 Å². The van der Waals surface area contributed by atoms with Crippen molar-refractivity contribution in [3.63, 3.8) is 0 Å². The van der Waals surface area contributed by atoms with Gasteiger partial charge in [-0.3, -0.25) is 9.89 Å². The summed E-state index contributed by atoms with van der Waals surface area (Å²) in [6.07, 6.45) is 0. The van der Waals surface area contributed by atoms with Gasteiger partial charge in [0, 0.05) is 5.41 Å². The maximum Gasteiger partial charge on any atom is 0.273 e. The number of aromatic amines is 2. The van der Waals surface area contributed by atoms with Crippen LogP contribution in [0.5, 0.6) is 0 Å². The quantitative estimate of drug-likeness (QED) is 0.608. The van der Waals surface area contributed by atoms with Crippen LogP contribution in [0, 0.1) is 0 Å². The molecule has 0 amide bonds. The molecule has 0 bridgehead atoms. The van der Waals surface area contributed by atoms with Crippen molar-refractivity contribution in [1.29, 1.82) is 0 Å². The van der Waals surface area contributed by atoms with E-state index in [1.54, 1.807) is 6.92 Å². The van der Waals surface area contributed by atoms with Crippen LogP contribution in [0.4, 0.5) is 0 Å². The summed E-state index contributed by atoms with van der Waals surface area (Å²) in [5.74, 6) is 0. The second-order valence-electron chi connectivity index (χ2n) is 4.67. The number of hydrogen-bond acceptors (Lipinski definition) is 3. The van der Waals surface area contributed by atoms with Gasteiger partial charge in [-0.2, -0.15) is 0 Å². The second-order valence-corrected chi connectivity index (χ2v) is 4.67. The summed E-state index contributed by atoms with van der Waals surface area (Å²) in [6.45, 7) is 10.2. The topological polar surface area (TPSA) is 70.2 Å². The number of oxime groups is 1. The lowest BCUT2D eigenvalue weighted by atomic mass is 9.88. The van der Waals surface area contributed by atoms with Crippen molar-refractivity contribution in [2.75, 3.05) is 6.61 Å². The maximum absolute atomic E-state index is 11.7. The van der Waals surface area contributed by atoms with E-state index in [9.17, 15) is 4.79 Å². The van der Waals surface area contributed by atoms with Crippen LogP contribution in [0.15, 0.2) is 9.95 Å². The van der Waals surface area contributed by atoms with E-state index < -0.39 is 0 Å². The van der Waals surface area contributed by atoms with Crippen LogP contribution >= 0.6 is 0 Å². The van der Waals surface area contributed by atoms with Crippen LogP contribution in [-0.4, -0.2) is 22.5 Å². The van der Waals surface area contributed by atoms with Gasteiger partial charge in [0.1, 0.15) is 6.61 Å². The molecule has 1 rings (SSSR count). The van der Waals surface area contributed by atoms with Gasteiger partial charge in [0.15, 0.2) is 0 Å². The third kappa shape index (κ3) is 2.53. The van der Waals surface area contributed by atoms with E-state index in [1.807, 2.05) is 27.7 Å². The molecule has 0 aliphatic rings. The van der Waals surface area contributed by atoms with Crippen molar-refractivity contribution < 1.29 is 4.84 Å². The molecule has 0 fully saturated rings. The molecule has 0 aliphatic carbocycles. The van der Waals surface area contributed by atoms with E-state index in [-0.39, 0.29) is 11.0 Å². The molecule has 1 heterocycles. The summed E-state index contributed by atoms with van der Waals surface area (Å²) in [5.41, 5.74) is 1.71. The van der Waals surface area contributed by atoms with E-state index in [0.717, 1.165) is 5.69 Å². The predicted octanol–water partition coefficient (Wildman–Crippen LogP) is 1.76. The first-order valence-corrected chi connectivity index (χ1v) is 5.36. The molecule has 0 saturated heterocycles. The number of nitrogens with zero attached hydrogens (tertiary/aromatic N) is 1. The Labute approximate surface area is 94.9 Å². The summed E-state index contributed by atoms with van der Waals surface area (Å²) in [6, 6.07) is 0. The summed E-state index contributed by atoms with van der Waals surface area (Å²) in [4.78, 5) is 16.6. The third-order valence-electron chi connectivity index (χ3n) is 2.22. The molecular weight excluding hydrogens is 206 g/mol. The fourth-order valence-electron chi connectivity index (χ4n) is 1.47. The van der Waals surface area contributed by atoms with Gasteiger partial charge in [-0.25, -0.2) is 0 Å². The lowest BCUT2D eigenvalue weighted by Crippen LogP contribution is -2.20. The molecule has 0 aromatic carbocycles. The van der Waals surface area contributed by atoms with Crippen molar-refractivity contribution in [3.8, 4) is 0 Å². The molecule has 16 heavy (non-hydrogen) atoms. The monoisotopic (exact) mass is 225 g/mol. The van der Waals surface area contributed by atoms with Gasteiger partial charge >= 0.3 is 0 Å². The van der Waals surface area contributed by atoms with Crippen LogP contribution in [0.25, 0.3) is 0 Å². The average molecular weight is 225 g/mol. The van der Waals surface area contributed by atoms with Crippen molar-refractivity contribution in [2.24, 2.45) is 5.16 Å². The van der Waals surface area contributed by atoms with Crippen molar-refractivity contribution >= 4 is 5.71 Å². The Morgan fingerprint density at radius 1 is 1.38 bits per heavy atom. The number of rotatable bonds is 3. The Morgan fingerprint density at radius 2 is 2.00 bits per heavy atom. The van der Waals surface area contributed by atoms with Crippen molar-refractivity contribution in [2.45, 2.75) is 40.0 Å². The van der Waals surface area contributed by atoms with Gasteiger partial charge in [0.05, 0.1) is 17.0 Å². The maximum atomic E-state index is 11.7. The summed E-state index contributed by atoms with van der Waals surface area (Å²) in [5, 5.41) is 9.38. The molecule has 0 saturated carbocycles. The fourth-order valence-corrected chi connectivity index (χ4v) is 1.47. The zero-order valence-electron chi connectivity index (χ0n) is 10.5. The van der Waals surface area contributed by atoms with Crippen LogP contribution in [-0.2, 0) is 10.3 Å². The molecule has 0 spiro atoms. The molecule has 5 nitrogen and oxygen atoms in total.